The van der Waals surface area contributed by atoms with Crippen LogP contribution < -0.4 is 27.8 Å². The molecule has 72 heavy (non-hydrogen) atoms. The minimum absolute atomic E-state index is 0.0217. The molecule has 0 bridgehead atoms. The molecule has 0 aliphatic carbocycles. The largest absolute Gasteiger partial charge is 0.461 e. The molecular weight excluding hydrogens is 951 g/mol. The molecule has 2 saturated heterocycles. The summed E-state index contributed by atoms with van der Waals surface area (Å²) in [6.45, 7) is 8.27. The van der Waals surface area contributed by atoms with Crippen LogP contribution in [0.3, 0.4) is 0 Å². The van der Waals surface area contributed by atoms with Crippen LogP contribution >= 0.6 is 0 Å². The van der Waals surface area contributed by atoms with E-state index in [0.717, 1.165) is 66.6 Å². The number of nitrogens with zero attached hydrogens (tertiary/aromatic N) is 12. The number of morpholine rings is 2. The number of hydrogen-bond donors (Lipinski definition) is 5. The average Bonchev–Trinajstić information content (AvgIpc) is 4.22. The fourth-order valence-electron chi connectivity index (χ4n) is 7.38. The minimum Gasteiger partial charge on any atom is -0.461 e. The van der Waals surface area contributed by atoms with Crippen molar-refractivity contribution < 1.29 is 36.3 Å². The van der Waals surface area contributed by atoms with Crippen molar-refractivity contribution in [2.75, 3.05) is 107 Å². The Bertz CT molecular complexity index is 3140. The van der Waals surface area contributed by atoms with Gasteiger partial charge in [-0.3, -0.25) is 19.4 Å². The van der Waals surface area contributed by atoms with Gasteiger partial charge in [-0.15, -0.1) is 10.2 Å². The van der Waals surface area contributed by atoms with Gasteiger partial charge in [0, 0.05) is 51.1 Å². The fourth-order valence-corrected chi connectivity index (χ4v) is 7.88. The Hall–Kier alpha value is -7.75. The van der Waals surface area contributed by atoms with E-state index in [-0.39, 0.29) is 35.2 Å². The Morgan fingerprint density at radius 1 is 0.653 bits per heavy atom. The van der Waals surface area contributed by atoms with Gasteiger partial charge in [-0.2, -0.15) is 38.9 Å². The molecule has 0 spiro atoms. The van der Waals surface area contributed by atoms with Crippen LogP contribution in [-0.2, 0) is 48.2 Å². The van der Waals surface area contributed by atoms with Gasteiger partial charge in [0.2, 0.25) is 45.2 Å². The number of rotatable bonds is 16. The van der Waals surface area contributed by atoms with Gasteiger partial charge in [0.1, 0.15) is 0 Å². The predicted octanol–water partition coefficient (Wildman–Crippen LogP) is 1.68. The molecule has 1 amide bonds. The summed E-state index contributed by atoms with van der Waals surface area (Å²) in [5, 5.41) is 14.0. The van der Waals surface area contributed by atoms with E-state index in [2.05, 4.69) is 60.5 Å². The molecule has 8 aromatic rings. The van der Waals surface area contributed by atoms with Crippen LogP contribution in [0.1, 0.15) is 16.7 Å². The molecule has 378 valence electrons. The molecule has 0 radical (unpaired) electrons. The van der Waals surface area contributed by atoms with Gasteiger partial charge < -0.3 is 46.1 Å². The summed E-state index contributed by atoms with van der Waals surface area (Å²) >= 11 is 0. The molecule has 0 atom stereocenters. The number of ether oxygens (including phenoxy) is 2. The quantitative estimate of drug-likeness (QED) is 0.0919. The van der Waals surface area contributed by atoms with Gasteiger partial charge in [-0.1, -0.05) is 36.4 Å². The van der Waals surface area contributed by atoms with Crippen molar-refractivity contribution in [1.82, 2.24) is 58.9 Å². The zero-order valence-electron chi connectivity index (χ0n) is 39.5. The van der Waals surface area contributed by atoms with Crippen molar-refractivity contribution in [2.45, 2.75) is 24.4 Å². The van der Waals surface area contributed by atoms with Crippen LogP contribution in [0.15, 0.2) is 99.3 Å². The zero-order valence-corrected chi connectivity index (χ0v) is 40.3. The van der Waals surface area contributed by atoms with Crippen molar-refractivity contribution in [3.63, 3.8) is 0 Å². The van der Waals surface area contributed by atoms with E-state index in [1.165, 1.54) is 16.3 Å². The highest BCUT2D eigenvalue weighted by Gasteiger charge is 2.20. The van der Waals surface area contributed by atoms with E-state index in [4.69, 9.17) is 35.5 Å². The molecule has 2 aromatic carbocycles. The topological polar surface area (TPSA) is 334 Å². The third-order valence-electron chi connectivity index (χ3n) is 11.0. The molecule has 8 heterocycles. The van der Waals surface area contributed by atoms with E-state index < -0.39 is 15.0 Å². The molecule has 2 aliphatic rings. The van der Waals surface area contributed by atoms with Crippen molar-refractivity contribution >= 4 is 56.6 Å². The van der Waals surface area contributed by atoms with Gasteiger partial charge >= 0.3 is 0 Å². The first kappa shape index (κ1) is 50.6. The molecule has 0 unspecified atom stereocenters. The Labute approximate surface area is 413 Å². The highest BCUT2D eigenvalue weighted by Crippen LogP contribution is 2.20. The summed E-state index contributed by atoms with van der Waals surface area (Å²) < 4.78 is 46.4. The number of fused-ring (bicyclic) bond motifs is 2. The second-order valence-electron chi connectivity index (χ2n) is 16.6. The van der Waals surface area contributed by atoms with Crippen LogP contribution in [0.2, 0.25) is 0 Å². The van der Waals surface area contributed by atoms with Gasteiger partial charge in [-0.25, -0.2) is 8.42 Å². The number of Topliss-reactive ketones (excluding diaryl/α,β-unsaturated/α-hetero) is 1. The van der Waals surface area contributed by atoms with E-state index in [1.807, 2.05) is 48.5 Å². The second kappa shape index (κ2) is 23.9. The monoisotopic (exact) mass is 1010 g/mol. The summed E-state index contributed by atoms with van der Waals surface area (Å²) in [6, 6.07) is 22.8. The standard InChI is InChI=1S/C23H26N8O3.C14H21N3O2.C9H8N6O3S/c24-21-27-22(28-23-26-20(29-31(21)23)19-2-1-11-34-19)25-8-7-16-3-5-17(6-4-16)14-18(32)15-30-9-12-33-13-10-30;15-6-5-12-1-3-13(4-2-12)16-14(18)11-17-7-9-19-10-8-17;1-19(16,17)9-12-7(10)15-8(13-9)11-6(14-15)5-3-2-4-18-5/h1-6,11H,7-10,12-15H2,(H3,24,25,26,27,28,29);1-4H,5-11,15H2,(H,16,18);2-4H,1H3,(H2,10,11,12,13,14). The Balaban J connectivity index is 0.000000156. The van der Waals surface area contributed by atoms with Crippen molar-refractivity contribution in [3.8, 4) is 23.2 Å². The minimum atomic E-state index is -3.57. The number of hydrogen-bond acceptors (Lipinski definition) is 22. The smallest absolute Gasteiger partial charge is 0.259 e. The molecule has 6 aromatic heterocycles. The maximum atomic E-state index is 12.4. The van der Waals surface area contributed by atoms with Gasteiger partial charge in [0.05, 0.1) is 52.0 Å². The first-order valence-corrected chi connectivity index (χ1v) is 24.9. The molecule has 2 aliphatic heterocycles. The second-order valence-corrected chi connectivity index (χ2v) is 18.5. The number of nitrogens with one attached hydrogen (secondary N) is 2. The van der Waals surface area contributed by atoms with E-state index in [9.17, 15) is 18.0 Å². The maximum Gasteiger partial charge on any atom is 0.259 e. The molecule has 25 nitrogen and oxygen atoms in total. The first-order chi connectivity index (χ1) is 34.9. The number of amides is 1. The van der Waals surface area contributed by atoms with Crippen molar-refractivity contribution in [2.24, 2.45) is 5.73 Å². The lowest BCUT2D eigenvalue weighted by Crippen LogP contribution is -2.41. The maximum absolute atomic E-state index is 12.4. The number of aromatic nitrogens is 10. The first-order valence-electron chi connectivity index (χ1n) is 23.0. The van der Waals surface area contributed by atoms with Gasteiger partial charge in [0.15, 0.2) is 17.3 Å². The summed E-state index contributed by atoms with van der Waals surface area (Å²) in [6.07, 6.45) is 6.09. The third kappa shape index (κ3) is 14.0. The number of carbonyl (C=O) groups is 2. The number of nitrogen functional groups attached to an aromatic ring is 2. The number of sulfone groups is 1. The van der Waals surface area contributed by atoms with Crippen LogP contribution in [-0.4, -0.2) is 164 Å². The Morgan fingerprint density at radius 2 is 1.18 bits per heavy atom. The van der Waals surface area contributed by atoms with E-state index in [1.54, 1.807) is 30.5 Å². The summed E-state index contributed by atoms with van der Waals surface area (Å²) in [4.78, 5) is 53.0. The van der Waals surface area contributed by atoms with Crippen molar-refractivity contribution in [3.05, 3.63) is 102 Å². The van der Waals surface area contributed by atoms with E-state index >= 15 is 0 Å². The summed E-state index contributed by atoms with van der Waals surface area (Å²) in [5.74, 6) is 2.68. The number of nitrogens with two attached hydrogens (primary N) is 3. The fraction of sp³-hybridized carbons (Fsp3) is 0.348. The number of benzene rings is 2. The summed E-state index contributed by atoms with van der Waals surface area (Å²) in [7, 11) is -3.57. The Kier molecular flexibility index (Phi) is 16.8. The summed E-state index contributed by atoms with van der Waals surface area (Å²) in [5.41, 5.74) is 21.3. The number of furan rings is 2. The lowest BCUT2D eigenvalue weighted by molar-refractivity contribution is -0.120. The molecular formula is C46H55N17O8S. The van der Waals surface area contributed by atoms with Crippen LogP contribution in [0, 0.1) is 0 Å². The predicted molar refractivity (Wildman–Crippen MR) is 264 cm³/mol. The Morgan fingerprint density at radius 3 is 1.74 bits per heavy atom. The molecule has 26 heteroatoms. The number of anilines is 4. The third-order valence-corrected chi connectivity index (χ3v) is 11.9. The number of ketones is 1. The molecule has 0 saturated carbocycles. The molecule has 8 N–H and O–H groups in total. The highest BCUT2D eigenvalue weighted by molar-refractivity contribution is 7.90. The van der Waals surface area contributed by atoms with Crippen LogP contribution in [0.5, 0.6) is 0 Å². The normalized spacial score (nSPS) is 14.3. The van der Waals surface area contributed by atoms with E-state index in [0.29, 0.717) is 88.1 Å². The highest BCUT2D eigenvalue weighted by atomic mass is 32.2. The lowest BCUT2D eigenvalue weighted by atomic mass is 10.0. The number of carbonyl (C=O) groups excluding carboxylic acids is 2. The molecule has 2 fully saturated rings. The zero-order chi connectivity index (χ0) is 50.5. The SMILES string of the molecule is CS(=O)(=O)c1nc(N)n2nc(-c3ccco3)nc2n1.NCCc1ccc(NC(=O)CN2CCOCC2)cc1.Nc1nc(NCCc2ccc(CC(=O)CN3CCOCC3)cc2)nc2nc(-c3ccco3)nn12. The van der Waals surface area contributed by atoms with Crippen LogP contribution in [0.4, 0.5) is 23.5 Å². The average molecular weight is 1010 g/mol. The van der Waals surface area contributed by atoms with Gasteiger partial charge in [0.25, 0.3) is 16.7 Å². The van der Waals surface area contributed by atoms with Crippen molar-refractivity contribution in [1.29, 1.82) is 0 Å². The lowest BCUT2D eigenvalue weighted by Gasteiger charge is -2.25. The van der Waals surface area contributed by atoms with Crippen LogP contribution in [0.25, 0.3) is 34.7 Å². The molecule has 10 rings (SSSR count). The van der Waals surface area contributed by atoms with Gasteiger partial charge in [-0.05, 0) is 72.5 Å².